The van der Waals surface area contributed by atoms with Gasteiger partial charge in [-0.3, -0.25) is 4.79 Å². The van der Waals surface area contributed by atoms with Crippen molar-refractivity contribution in [1.82, 2.24) is 10.3 Å². The number of phenols is 1. The van der Waals surface area contributed by atoms with Crippen LogP contribution in [0.25, 0.3) is 11.1 Å². The molecule has 3 aromatic rings. The molecule has 0 saturated heterocycles. The molecule has 0 aliphatic rings. The Hall–Kier alpha value is -3.80. The number of amidine groups is 1. The van der Waals surface area contributed by atoms with Gasteiger partial charge in [-0.15, -0.1) is 0 Å². The van der Waals surface area contributed by atoms with Gasteiger partial charge in [-0.2, -0.15) is 5.10 Å². The molecule has 6 nitrogen and oxygen atoms in total. The zero-order valence-electron chi connectivity index (χ0n) is 23.3. The molecule has 6 heteroatoms. The van der Waals surface area contributed by atoms with E-state index in [0.29, 0.717) is 12.1 Å². The molecule has 3 rings (SSSR count). The van der Waals surface area contributed by atoms with Crippen molar-refractivity contribution in [2.24, 2.45) is 5.10 Å². The number of aromatic hydroxyl groups is 1. The second-order valence-electron chi connectivity index (χ2n) is 10.8. The predicted molar refractivity (Wildman–Crippen MR) is 156 cm³/mol. The Kier molecular flexibility index (Phi) is 9.94. The number of carbonyl (C=O) groups is 1. The van der Waals surface area contributed by atoms with Crippen LogP contribution in [0.4, 0.5) is 0 Å². The molecule has 0 amide bonds. The summed E-state index contributed by atoms with van der Waals surface area (Å²) in [4.78, 5) is 13.1. The molecule has 0 spiro atoms. The van der Waals surface area contributed by atoms with Crippen molar-refractivity contribution in [3.05, 3.63) is 89.0 Å². The van der Waals surface area contributed by atoms with Crippen molar-refractivity contribution < 1.29 is 15.0 Å². The zero-order chi connectivity index (χ0) is 27.7. The van der Waals surface area contributed by atoms with Gasteiger partial charge in [0.05, 0.1) is 13.0 Å². The second kappa shape index (κ2) is 13.1. The van der Waals surface area contributed by atoms with Gasteiger partial charge in [0.1, 0.15) is 11.6 Å². The van der Waals surface area contributed by atoms with Gasteiger partial charge < -0.3 is 20.5 Å². The molecule has 0 saturated carbocycles. The number of carboxylic acids is 1. The number of hydrazone groups is 1. The minimum Gasteiger partial charge on any atom is -0.508 e. The first-order chi connectivity index (χ1) is 18.1. The molecule has 3 aromatic carbocycles. The first-order valence-corrected chi connectivity index (χ1v) is 13.3. The Bertz CT molecular complexity index is 1240. The average molecular weight is 516 g/mol. The fourth-order valence-corrected chi connectivity index (χ4v) is 4.27. The lowest BCUT2D eigenvalue weighted by Crippen LogP contribution is -2.28. The van der Waals surface area contributed by atoms with Crippen LogP contribution in [0.2, 0.25) is 0 Å². The average Bonchev–Trinajstić information content (AvgIpc) is 2.88. The molecule has 0 atom stereocenters. The van der Waals surface area contributed by atoms with Crippen molar-refractivity contribution in [2.75, 3.05) is 13.6 Å². The smallest absolute Gasteiger partial charge is 0.307 e. The van der Waals surface area contributed by atoms with Crippen molar-refractivity contribution in [3.8, 4) is 16.9 Å². The van der Waals surface area contributed by atoms with E-state index in [1.807, 2.05) is 18.2 Å². The molecular formula is C32H41N3O3. The van der Waals surface area contributed by atoms with E-state index in [2.05, 4.69) is 81.5 Å². The number of hydrogen-bond donors (Lipinski definition) is 3. The molecular weight excluding hydrogens is 474 g/mol. The largest absolute Gasteiger partial charge is 0.508 e. The van der Waals surface area contributed by atoms with Crippen LogP contribution in [-0.4, -0.2) is 40.5 Å². The van der Waals surface area contributed by atoms with E-state index in [1.165, 1.54) is 16.7 Å². The predicted octanol–water partition coefficient (Wildman–Crippen LogP) is 6.36. The molecule has 0 unspecified atom stereocenters. The lowest BCUT2D eigenvalue weighted by Gasteiger charge is -2.20. The molecule has 0 aliphatic heterocycles. The van der Waals surface area contributed by atoms with Gasteiger partial charge in [0.15, 0.2) is 0 Å². The van der Waals surface area contributed by atoms with E-state index in [4.69, 9.17) is 10.2 Å². The van der Waals surface area contributed by atoms with Gasteiger partial charge in [0, 0.05) is 25.6 Å². The number of nitrogens with zero attached hydrogens (tertiary/aromatic N) is 2. The number of aliphatic carboxylic acids is 1. The Morgan fingerprint density at radius 1 is 0.974 bits per heavy atom. The summed E-state index contributed by atoms with van der Waals surface area (Å²) in [6.45, 7) is 10.4. The first-order valence-electron chi connectivity index (χ1n) is 13.3. The van der Waals surface area contributed by atoms with Crippen molar-refractivity contribution >= 4 is 11.8 Å². The number of nitrogens with one attached hydrogen (secondary N) is 1. The topological polar surface area (TPSA) is 85.2 Å². The second-order valence-corrected chi connectivity index (χ2v) is 10.8. The Morgan fingerprint density at radius 2 is 1.68 bits per heavy atom. The van der Waals surface area contributed by atoms with Crippen molar-refractivity contribution in [2.45, 2.75) is 65.3 Å². The highest BCUT2D eigenvalue weighted by atomic mass is 16.4. The van der Waals surface area contributed by atoms with Gasteiger partial charge in [0.2, 0.25) is 0 Å². The monoisotopic (exact) mass is 515 g/mol. The zero-order valence-corrected chi connectivity index (χ0v) is 23.3. The van der Waals surface area contributed by atoms with Crippen LogP contribution in [0, 0.1) is 0 Å². The summed E-state index contributed by atoms with van der Waals surface area (Å²) in [5.41, 5.74) is 9.44. The van der Waals surface area contributed by atoms with E-state index in [0.717, 1.165) is 42.8 Å². The van der Waals surface area contributed by atoms with E-state index in [9.17, 15) is 9.90 Å². The number of aryl methyl sites for hydroxylation is 1. The third-order valence-corrected chi connectivity index (χ3v) is 6.78. The maximum Gasteiger partial charge on any atom is 0.307 e. The van der Waals surface area contributed by atoms with Gasteiger partial charge in [0.25, 0.3) is 0 Å². The summed E-state index contributed by atoms with van der Waals surface area (Å²) in [6, 6.07) is 22.2. The highest BCUT2D eigenvalue weighted by Crippen LogP contribution is 2.28. The molecule has 3 N–H and O–H groups in total. The number of phenolic OH excluding ortho intramolecular Hbond substituents is 1. The lowest BCUT2D eigenvalue weighted by molar-refractivity contribution is -0.136. The van der Waals surface area contributed by atoms with E-state index < -0.39 is 5.97 Å². The van der Waals surface area contributed by atoms with Crippen molar-refractivity contribution in [1.29, 1.82) is 0 Å². The summed E-state index contributed by atoms with van der Waals surface area (Å²) in [6.07, 6.45) is 2.52. The van der Waals surface area contributed by atoms with Gasteiger partial charge in [-0.05, 0) is 59.1 Å². The standard InChI is InChI=1S/C32H41N3O3/c1-6-35(5)30(34-33-22-24-13-17-28(18-14-24)32(2,3)4)12-8-10-23-9-7-11-25(19-23)26-15-16-27(21-31(37)38)29(36)20-26/h7,9,11,13-20,33,36H,6,8,10,12,21-22H2,1-5H3,(H,37,38)/b34-30-. The Balaban J connectivity index is 1.59. The quantitative estimate of drug-likeness (QED) is 0.157. The minimum atomic E-state index is -0.961. The summed E-state index contributed by atoms with van der Waals surface area (Å²) in [7, 11) is 2.07. The number of rotatable bonds is 11. The van der Waals surface area contributed by atoms with Gasteiger partial charge in [-0.25, -0.2) is 0 Å². The van der Waals surface area contributed by atoms with Crippen LogP contribution in [0.3, 0.4) is 0 Å². The first kappa shape index (κ1) is 28.8. The SMILES string of the molecule is CCN(C)/C(CCCc1cccc(-c2ccc(CC(=O)O)c(O)c2)c1)=N\NCc1ccc(C(C)(C)C)cc1. The van der Waals surface area contributed by atoms with Crippen LogP contribution >= 0.6 is 0 Å². The highest BCUT2D eigenvalue weighted by Gasteiger charge is 2.13. The van der Waals surface area contributed by atoms with Crippen LogP contribution in [-0.2, 0) is 29.6 Å². The van der Waals surface area contributed by atoms with E-state index >= 15 is 0 Å². The Labute approximate surface area is 227 Å². The molecule has 0 fully saturated rings. The van der Waals surface area contributed by atoms with Crippen LogP contribution in [0.15, 0.2) is 71.8 Å². The van der Waals surface area contributed by atoms with Gasteiger partial charge >= 0.3 is 5.97 Å². The fourth-order valence-electron chi connectivity index (χ4n) is 4.27. The highest BCUT2D eigenvalue weighted by molar-refractivity contribution is 5.81. The normalized spacial score (nSPS) is 11.9. The molecule has 202 valence electrons. The molecule has 0 aromatic heterocycles. The minimum absolute atomic E-state index is 0.0106. The molecule has 38 heavy (non-hydrogen) atoms. The number of hydrogen-bond acceptors (Lipinski definition) is 4. The summed E-state index contributed by atoms with van der Waals surface area (Å²) in [5.74, 6) is 0.0851. The van der Waals surface area contributed by atoms with Gasteiger partial charge in [-0.1, -0.05) is 81.4 Å². The molecule has 0 heterocycles. The molecule has 0 bridgehead atoms. The number of benzene rings is 3. The van der Waals surface area contributed by atoms with E-state index in [1.54, 1.807) is 12.1 Å². The third kappa shape index (κ3) is 8.37. The maximum atomic E-state index is 11.0. The third-order valence-electron chi connectivity index (χ3n) is 6.78. The summed E-state index contributed by atoms with van der Waals surface area (Å²) < 4.78 is 0. The summed E-state index contributed by atoms with van der Waals surface area (Å²) >= 11 is 0. The van der Waals surface area contributed by atoms with Crippen LogP contribution in [0.1, 0.15) is 62.8 Å². The molecule has 0 radical (unpaired) electrons. The van der Waals surface area contributed by atoms with Crippen molar-refractivity contribution in [3.63, 3.8) is 0 Å². The van der Waals surface area contributed by atoms with E-state index in [-0.39, 0.29) is 17.6 Å². The Morgan fingerprint density at radius 3 is 2.32 bits per heavy atom. The summed E-state index contributed by atoms with van der Waals surface area (Å²) in [5, 5.41) is 24.0. The van der Waals surface area contributed by atoms with Crippen LogP contribution < -0.4 is 5.43 Å². The fraction of sp³-hybridized carbons (Fsp3) is 0.375. The molecule has 0 aliphatic carbocycles. The lowest BCUT2D eigenvalue weighted by atomic mass is 9.87. The van der Waals surface area contributed by atoms with Crippen LogP contribution in [0.5, 0.6) is 5.75 Å². The number of carboxylic acid groups (broad SMARTS) is 1. The maximum absolute atomic E-state index is 11.0.